The topological polar surface area (TPSA) is 81.3 Å². The number of anilines is 1. The molecule has 2 aromatic carbocycles. The van der Waals surface area contributed by atoms with Crippen LogP contribution in [0.5, 0.6) is 0 Å². The van der Waals surface area contributed by atoms with Crippen molar-refractivity contribution in [2.45, 2.75) is 43.5 Å². The van der Waals surface area contributed by atoms with Gasteiger partial charge in [-0.3, -0.25) is 4.79 Å². The first-order valence-electron chi connectivity index (χ1n) is 10.7. The van der Waals surface area contributed by atoms with Crippen LogP contribution in [0, 0.1) is 0 Å². The number of aryl methyl sites for hydroxylation is 1. The van der Waals surface area contributed by atoms with E-state index in [1.54, 1.807) is 6.07 Å². The molecule has 9 heteroatoms. The zero-order valence-corrected chi connectivity index (χ0v) is 19.8. The number of hydrogen-bond acceptors (Lipinski definition) is 5. The van der Waals surface area contributed by atoms with Crippen molar-refractivity contribution < 1.29 is 4.79 Å². The first-order valence-corrected chi connectivity index (χ1v) is 12.1. The fraction of sp³-hybridized carbons (Fsp3) is 0.250. The molecule has 1 N–H and O–H groups in total. The molecule has 33 heavy (non-hydrogen) atoms. The fourth-order valence-electron chi connectivity index (χ4n) is 3.28. The molecule has 2 aromatic heterocycles. The summed E-state index contributed by atoms with van der Waals surface area (Å²) in [6.07, 6.45) is 3.30. The molecule has 0 spiro atoms. The van der Waals surface area contributed by atoms with E-state index in [2.05, 4.69) is 22.4 Å². The largest absolute Gasteiger partial charge is 0.367 e. The van der Waals surface area contributed by atoms with Crippen LogP contribution >= 0.6 is 23.4 Å². The highest BCUT2D eigenvalue weighted by Gasteiger charge is 2.13. The van der Waals surface area contributed by atoms with Crippen LogP contribution in [-0.4, -0.2) is 25.3 Å². The third-order valence-electron chi connectivity index (χ3n) is 5.07. The number of benzene rings is 2. The second kappa shape index (κ2) is 10.7. The predicted octanol–water partition coefficient (Wildman–Crippen LogP) is 4.82. The van der Waals surface area contributed by atoms with Crippen LogP contribution in [0.15, 0.2) is 70.5 Å². The molecule has 0 fully saturated rings. The van der Waals surface area contributed by atoms with Gasteiger partial charge in [0, 0.05) is 16.5 Å². The van der Waals surface area contributed by atoms with Gasteiger partial charge >= 0.3 is 5.69 Å². The summed E-state index contributed by atoms with van der Waals surface area (Å²) in [6.45, 7) is 1.97. The van der Waals surface area contributed by atoms with E-state index in [9.17, 15) is 9.59 Å². The Balaban J connectivity index is 1.40. The zero-order valence-electron chi connectivity index (χ0n) is 18.2. The number of carbonyl (C=O) groups excluding carboxylic acids is 1. The molecule has 1 amide bonds. The number of rotatable bonds is 9. The first kappa shape index (κ1) is 23.1. The molecule has 0 unspecified atom stereocenters. The van der Waals surface area contributed by atoms with Crippen LogP contribution in [-0.2, 0) is 23.5 Å². The van der Waals surface area contributed by atoms with E-state index in [0.29, 0.717) is 27.1 Å². The van der Waals surface area contributed by atoms with Gasteiger partial charge in [0.1, 0.15) is 11.6 Å². The van der Waals surface area contributed by atoms with E-state index >= 15 is 0 Å². The summed E-state index contributed by atoms with van der Waals surface area (Å²) in [4.78, 5) is 25.2. The summed E-state index contributed by atoms with van der Waals surface area (Å²) < 4.78 is 2.35. The molecule has 0 atom stereocenters. The van der Waals surface area contributed by atoms with Crippen molar-refractivity contribution >= 4 is 40.6 Å². The molecule has 0 saturated carbocycles. The lowest BCUT2D eigenvalue weighted by Crippen LogP contribution is -2.28. The van der Waals surface area contributed by atoms with Crippen LogP contribution in [0.3, 0.4) is 0 Å². The van der Waals surface area contributed by atoms with E-state index in [1.165, 1.54) is 21.8 Å². The number of hydrogen-bond donors (Lipinski definition) is 1. The third kappa shape index (κ3) is 6.03. The molecular weight excluding hydrogens is 458 g/mol. The Morgan fingerprint density at radius 3 is 2.45 bits per heavy atom. The summed E-state index contributed by atoms with van der Waals surface area (Å²) >= 11 is 7.43. The number of carbonyl (C=O) groups is 1. The van der Waals surface area contributed by atoms with Gasteiger partial charge in [-0.2, -0.15) is 9.61 Å². The highest BCUT2D eigenvalue weighted by Crippen LogP contribution is 2.21. The standard InChI is InChI=1S/C24H24ClN5O2S/c1-2-3-4-17-7-11-20(12-8-17)26-22(31)15-29-24(32)30-21(27-29)13-14-23(28-30)33-16-18-5-9-19(25)10-6-18/h5-14H,2-4,15-16H2,1H3,(H,26,31). The molecule has 4 rings (SSSR count). The Morgan fingerprint density at radius 1 is 1.00 bits per heavy atom. The average Bonchev–Trinajstić information content (AvgIpc) is 3.12. The van der Waals surface area contributed by atoms with Crippen LogP contribution in [0.2, 0.25) is 5.02 Å². The summed E-state index contributed by atoms with van der Waals surface area (Å²) in [7, 11) is 0. The number of unbranched alkanes of at least 4 members (excludes halogenated alkanes) is 1. The highest BCUT2D eigenvalue weighted by atomic mass is 35.5. The molecule has 7 nitrogen and oxygen atoms in total. The Morgan fingerprint density at radius 2 is 1.73 bits per heavy atom. The van der Waals surface area contributed by atoms with Crippen molar-refractivity contribution in [2.24, 2.45) is 0 Å². The second-order valence-corrected chi connectivity index (χ2v) is 9.08. The molecule has 0 aliphatic heterocycles. The first-order chi connectivity index (χ1) is 16.0. The summed E-state index contributed by atoms with van der Waals surface area (Å²) in [6, 6.07) is 18.9. The normalized spacial score (nSPS) is 11.1. The maximum absolute atomic E-state index is 12.7. The predicted molar refractivity (Wildman–Crippen MR) is 132 cm³/mol. The van der Waals surface area contributed by atoms with Gasteiger partial charge in [0.15, 0.2) is 5.65 Å². The number of halogens is 1. The summed E-state index contributed by atoms with van der Waals surface area (Å²) in [5, 5.41) is 12.8. The van der Waals surface area contributed by atoms with Crippen molar-refractivity contribution in [1.29, 1.82) is 0 Å². The van der Waals surface area contributed by atoms with Crippen LogP contribution in [0.4, 0.5) is 5.69 Å². The summed E-state index contributed by atoms with van der Waals surface area (Å²) in [5.74, 6) is 0.372. The smallest absolute Gasteiger partial charge is 0.324 e. The monoisotopic (exact) mass is 481 g/mol. The van der Waals surface area contributed by atoms with Gasteiger partial charge in [0.05, 0.1) is 0 Å². The molecule has 0 radical (unpaired) electrons. The number of amides is 1. The van der Waals surface area contributed by atoms with E-state index in [4.69, 9.17) is 11.6 Å². The van der Waals surface area contributed by atoms with E-state index in [0.717, 1.165) is 29.5 Å². The lowest BCUT2D eigenvalue weighted by atomic mass is 10.1. The van der Waals surface area contributed by atoms with E-state index in [-0.39, 0.29) is 12.5 Å². The van der Waals surface area contributed by atoms with Crippen LogP contribution in [0.25, 0.3) is 5.65 Å². The number of thioether (sulfide) groups is 1. The SMILES string of the molecule is CCCCc1ccc(NC(=O)Cn2nc3ccc(SCc4ccc(Cl)cc4)nn3c2=O)cc1. The fourth-order valence-corrected chi connectivity index (χ4v) is 4.22. The molecule has 0 aliphatic rings. The van der Waals surface area contributed by atoms with Gasteiger partial charge in [0.2, 0.25) is 5.91 Å². The Hall–Kier alpha value is -3.10. The number of fused-ring (bicyclic) bond motifs is 1. The van der Waals surface area contributed by atoms with Gasteiger partial charge in [-0.05, 0) is 60.4 Å². The molecule has 2 heterocycles. The molecule has 170 valence electrons. The van der Waals surface area contributed by atoms with Crippen LogP contribution < -0.4 is 11.0 Å². The Bertz CT molecular complexity index is 1300. The van der Waals surface area contributed by atoms with Gasteiger partial charge in [-0.25, -0.2) is 9.48 Å². The molecule has 0 aliphatic carbocycles. The number of aromatic nitrogens is 4. The van der Waals surface area contributed by atoms with Crippen molar-refractivity contribution in [3.63, 3.8) is 0 Å². The van der Waals surface area contributed by atoms with Crippen LogP contribution in [0.1, 0.15) is 30.9 Å². The highest BCUT2D eigenvalue weighted by molar-refractivity contribution is 7.98. The zero-order chi connectivity index (χ0) is 23.2. The maximum atomic E-state index is 12.7. The van der Waals surface area contributed by atoms with E-state index in [1.807, 2.05) is 54.6 Å². The maximum Gasteiger partial charge on any atom is 0.367 e. The minimum Gasteiger partial charge on any atom is -0.324 e. The second-order valence-electron chi connectivity index (χ2n) is 7.65. The Kier molecular flexibility index (Phi) is 7.47. The third-order valence-corrected chi connectivity index (χ3v) is 6.31. The average molecular weight is 482 g/mol. The summed E-state index contributed by atoms with van der Waals surface area (Å²) in [5.41, 5.74) is 2.97. The number of nitrogens with zero attached hydrogens (tertiary/aromatic N) is 4. The lowest BCUT2D eigenvalue weighted by molar-refractivity contribution is -0.117. The van der Waals surface area contributed by atoms with Gasteiger partial charge in [-0.15, -0.1) is 5.10 Å². The number of nitrogens with one attached hydrogen (secondary N) is 1. The molecule has 4 aromatic rings. The van der Waals surface area contributed by atoms with Crippen molar-refractivity contribution in [1.82, 2.24) is 19.4 Å². The molecule has 0 saturated heterocycles. The lowest BCUT2D eigenvalue weighted by Gasteiger charge is -2.06. The quantitative estimate of drug-likeness (QED) is 0.347. The van der Waals surface area contributed by atoms with Gasteiger partial charge in [-0.1, -0.05) is 61.0 Å². The Labute approximate surface area is 200 Å². The van der Waals surface area contributed by atoms with Gasteiger partial charge in [0.25, 0.3) is 0 Å². The van der Waals surface area contributed by atoms with Crippen molar-refractivity contribution in [2.75, 3.05) is 5.32 Å². The van der Waals surface area contributed by atoms with Crippen molar-refractivity contribution in [3.05, 3.63) is 87.3 Å². The molecular formula is C24H24ClN5O2S. The van der Waals surface area contributed by atoms with E-state index < -0.39 is 5.69 Å². The van der Waals surface area contributed by atoms with Crippen molar-refractivity contribution in [3.8, 4) is 0 Å². The molecule has 0 bridgehead atoms. The minimum absolute atomic E-state index is 0.187. The minimum atomic E-state index is -0.455. The van der Waals surface area contributed by atoms with Gasteiger partial charge < -0.3 is 5.32 Å².